The molecular weight excluding hydrogens is 571 g/mol. The maximum Gasteiger partial charge on any atom is 0.416 e. The lowest BCUT2D eigenvalue weighted by Crippen LogP contribution is -2.50. The maximum absolute atomic E-state index is 13.5. The second kappa shape index (κ2) is 11.3. The summed E-state index contributed by atoms with van der Waals surface area (Å²) in [7, 11) is 1.22. The second-order valence-electron chi connectivity index (χ2n) is 9.39. The average molecular weight is 594 g/mol. The molecule has 40 heavy (non-hydrogen) atoms. The lowest BCUT2D eigenvalue weighted by atomic mass is 9.90. The molecule has 1 aromatic heterocycles. The first-order chi connectivity index (χ1) is 19.1. The number of methoxy groups -OCH3 is 1. The quantitative estimate of drug-likeness (QED) is 0.265. The minimum Gasteiger partial charge on any atom is -0.467 e. The SMILES string of the molecule is COC(=O)C(C1CCOCC1)N1C(=O)S/C(=C\c2ccc3c(cnn3Cc3ccc(Cl)cc3C(F)(F)F)c2)C1=O. The molecule has 3 heterocycles. The van der Waals surface area contributed by atoms with Gasteiger partial charge in [0.2, 0.25) is 0 Å². The molecule has 2 aliphatic heterocycles. The zero-order valence-electron chi connectivity index (χ0n) is 21.1. The zero-order valence-corrected chi connectivity index (χ0v) is 22.7. The number of aromatic nitrogens is 2. The van der Waals surface area contributed by atoms with Crippen molar-refractivity contribution in [1.29, 1.82) is 0 Å². The molecule has 2 fully saturated rings. The summed E-state index contributed by atoms with van der Waals surface area (Å²) in [5, 5.41) is 4.31. The van der Waals surface area contributed by atoms with Gasteiger partial charge in [0.15, 0.2) is 0 Å². The second-order valence-corrected chi connectivity index (χ2v) is 10.8. The van der Waals surface area contributed by atoms with E-state index in [9.17, 15) is 27.6 Å². The first-order valence-electron chi connectivity index (χ1n) is 12.3. The number of alkyl halides is 3. The van der Waals surface area contributed by atoms with Gasteiger partial charge in [-0.05, 0) is 72.0 Å². The lowest BCUT2D eigenvalue weighted by molar-refractivity contribution is -0.152. The lowest BCUT2D eigenvalue weighted by Gasteiger charge is -2.32. The van der Waals surface area contributed by atoms with Gasteiger partial charge >= 0.3 is 12.1 Å². The number of ether oxygens (including phenoxy) is 2. The van der Waals surface area contributed by atoms with Crippen LogP contribution in [0.3, 0.4) is 0 Å². The average Bonchev–Trinajstić information content (AvgIpc) is 3.44. The minimum absolute atomic E-state index is 0.0129. The number of hydrogen-bond donors (Lipinski definition) is 0. The van der Waals surface area contributed by atoms with Crippen LogP contribution >= 0.6 is 23.4 Å². The van der Waals surface area contributed by atoms with E-state index in [0.29, 0.717) is 42.5 Å². The summed E-state index contributed by atoms with van der Waals surface area (Å²) in [4.78, 5) is 39.9. The standard InChI is InChI=1S/C27H23ClF3N3O5S/c1-38-25(36)23(16-6-8-39-9-7-16)34-24(35)22(40-26(34)37)11-15-2-5-21-18(10-15)13-32-33(21)14-17-3-4-19(28)12-20(17)27(29,30)31/h2-5,10-13,16,23H,6-9,14H2,1H3/b22-11-. The summed E-state index contributed by atoms with van der Waals surface area (Å²) >= 11 is 6.52. The van der Waals surface area contributed by atoms with Crippen LogP contribution in [-0.4, -0.2) is 58.2 Å². The summed E-state index contributed by atoms with van der Waals surface area (Å²) in [6.07, 6.45) is -0.485. The van der Waals surface area contributed by atoms with Crippen molar-refractivity contribution in [1.82, 2.24) is 14.7 Å². The summed E-state index contributed by atoms with van der Waals surface area (Å²) in [6, 6.07) is 7.65. The Bertz CT molecular complexity index is 1520. The Balaban J connectivity index is 1.40. The van der Waals surface area contributed by atoms with Gasteiger partial charge in [0, 0.05) is 23.6 Å². The molecule has 1 atom stereocenters. The number of fused-ring (bicyclic) bond motifs is 1. The largest absolute Gasteiger partial charge is 0.467 e. The number of imide groups is 1. The minimum atomic E-state index is -4.57. The van der Waals surface area contributed by atoms with Crippen molar-refractivity contribution >= 4 is 57.5 Å². The Hall–Kier alpha value is -3.35. The molecule has 2 amide bonds. The predicted molar refractivity (Wildman–Crippen MR) is 142 cm³/mol. The third kappa shape index (κ3) is 5.61. The molecule has 2 saturated heterocycles. The molecular formula is C27H23ClF3N3O5S. The number of hydrogen-bond acceptors (Lipinski definition) is 7. The Labute approximate surface area is 236 Å². The molecule has 8 nitrogen and oxygen atoms in total. The number of carbonyl (C=O) groups excluding carboxylic acids is 3. The zero-order chi connectivity index (χ0) is 28.6. The molecule has 3 aromatic rings. The number of nitrogens with zero attached hydrogens (tertiary/aromatic N) is 3. The van der Waals surface area contributed by atoms with E-state index in [4.69, 9.17) is 21.1 Å². The van der Waals surface area contributed by atoms with Crippen LogP contribution in [-0.2, 0) is 31.8 Å². The molecule has 13 heteroatoms. The van der Waals surface area contributed by atoms with Crippen LogP contribution in [0, 0.1) is 5.92 Å². The van der Waals surface area contributed by atoms with Crippen molar-refractivity contribution in [3.05, 3.63) is 69.2 Å². The third-order valence-corrected chi connectivity index (χ3v) is 8.04. The molecule has 1 unspecified atom stereocenters. The molecule has 0 radical (unpaired) electrons. The van der Waals surface area contributed by atoms with Crippen molar-refractivity contribution < 1.29 is 37.0 Å². The highest BCUT2D eigenvalue weighted by atomic mass is 35.5. The van der Waals surface area contributed by atoms with Crippen LogP contribution in [0.5, 0.6) is 0 Å². The number of esters is 1. The van der Waals surface area contributed by atoms with Gasteiger partial charge in [-0.2, -0.15) is 18.3 Å². The fourth-order valence-electron chi connectivity index (χ4n) is 4.97. The Morgan fingerprint density at radius 1 is 1.23 bits per heavy atom. The first kappa shape index (κ1) is 28.2. The molecule has 0 saturated carbocycles. The summed E-state index contributed by atoms with van der Waals surface area (Å²) in [5.41, 5.74) is 0.352. The van der Waals surface area contributed by atoms with Gasteiger partial charge in [0.1, 0.15) is 6.04 Å². The van der Waals surface area contributed by atoms with Crippen LogP contribution in [0.25, 0.3) is 17.0 Å². The van der Waals surface area contributed by atoms with E-state index in [0.717, 1.165) is 22.7 Å². The number of benzene rings is 2. The van der Waals surface area contributed by atoms with Crippen molar-refractivity contribution in [2.24, 2.45) is 5.92 Å². The number of rotatable bonds is 6. The Kier molecular flexibility index (Phi) is 7.94. The first-order valence-corrected chi connectivity index (χ1v) is 13.5. The number of amides is 2. The topological polar surface area (TPSA) is 90.7 Å². The van der Waals surface area contributed by atoms with E-state index in [1.807, 2.05) is 0 Å². The van der Waals surface area contributed by atoms with Gasteiger partial charge < -0.3 is 9.47 Å². The molecule has 210 valence electrons. The van der Waals surface area contributed by atoms with E-state index in [1.165, 1.54) is 30.1 Å². The van der Waals surface area contributed by atoms with Crippen molar-refractivity contribution in [2.45, 2.75) is 31.6 Å². The maximum atomic E-state index is 13.5. The molecule has 0 N–H and O–H groups in total. The number of thioether (sulfide) groups is 1. The highest BCUT2D eigenvalue weighted by Crippen LogP contribution is 2.38. The Morgan fingerprint density at radius 3 is 2.67 bits per heavy atom. The smallest absolute Gasteiger partial charge is 0.416 e. The van der Waals surface area contributed by atoms with Gasteiger partial charge in [0.25, 0.3) is 11.1 Å². The normalized spacial score (nSPS) is 18.6. The Morgan fingerprint density at radius 2 is 1.98 bits per heavy atom. The number of carbonyl (C=O) groups is 3. The monoisotopic (exact) mass is 593 g/mol. The fourth-order valence-corrected chi connectivity index (χ4v) is 6.00. The molecule has 0 aliphatic carbocycles. The summed E-state index contributed by atoms with van der Waals surface area (Å²) in [6.45, 7) is 0.718. The van der Waals surface area contributed by atoms with Crippen molar-refractivity contribution in [2.75, 3.05) is 20.3 Å². The van der Waals surface area contributed by atoms with Crippen molar-refractivity contribution in [3.8, 4) is 0 Å². The molecule has 2 aromatic carbocycles. The van der Waals surface area contributed by atoms with Crippen LogP contribution in [0.15, 0.2) is 47.5 Å². The van der Waals surface area contributed by atoms with Gasteiger partial charge in [0.05, 0.1) is 35.8 Å². The molecule has 5 rings (SSSR count). The van der Waals surface area contributed by atoms with Crippen LogP contribution < -0.4 is 0 Å². The molecule has 2 aliphatic rings. The van der Waals surface area contributed by atoms with E-state index < -0.39 is 34.9 Å². The van der Waals surface area contributed by atoms with Crippen molar-refractivity contribution in [3.63, 3.8) is 0 Å². The van der Waals surface area contributed by atoms with E-state index in [-0.39, 0.29) is 28.0 Å². The number of halogens is 4. The van der Waals surface area contributed by atoms with Crippen LogP contribution in [0.2, 0.25) is 5.02 Å². The highest BCUT2D eigenvalue weighted by molar-refractivity contribution is 8.18. The van der Waals surface area contributed by atoms with E-state index in [1.54, 1.807) is 24.3 Å². The molecule has 0 bridgehead atoms. The molecule has 0 spiro atoms. The third-order valence-electron chi connectivity index (χ3n) is 6.92. The summed E-state index contributed by atoms with van der Waals surface area (Å²) < 4.78 is 52.3. The summed E-state index contributed by atoms with van der Waals surface area (Å²) in [5.74, 6) is -1.51. The van der Waals surface area contributed by atoms with Gasteiger partial charge in [-0.15, -0.1) is 0 Å². The predicted octanol–water partition coefficient (Wildman–Crippen LogP) is 5.76. The van der Waals surface area contributed by atoms with Gasteiger partial charge in [-0.3, -0.25) is 19.2 Å². The van der Waals surface area contributed by atoms with Gasteiger partial charge in [-0.1, -0.05) is 23.7 Å². The van der Waals surface area contributed by atoms with Crippen LogP contribution in [0.1, 0.15) is 29.5 Å². The fraction of sp³-hybridized carbons (Fsp3) is 0.333. The van der Waals surface area contributed by atoms with E-state index in [2.05, 4.69) is 5.10 Å². The van der Waals surface area contributed by atoms with Gasteiger partial charge in [-0.25, -0.2) is 4.79 Å². The van der Waals surface area contributed by atoms with E-state index >= 15 is 0 Å². The van der Waals surface area contributed by atoms with Crippen LogP contribution in [0.4, 0.5) is 18.0 Å². The highest BCUT2D eigenvalue weighted by Gasteiger charge is 2.47.